The molecule has 1 aliphatic rings. The SMILES string of the molecule is CCCCOC(=O)CN1C=CC(OCCCC)N(C(OCCCC)C(=O)OCCCC)C1=O. The molecule has 2 atom stereocenters. The van der Waals surface area contributed by atoms with Crippen LogP contribution in [0.15, 0.2) is 12.3 Å². The minimum Gasteiger partial charge on any atom is -0.464 e. The van der Waals surface area contributed by atoms with Crippen molar-refractivity contribution in [2.45, 2.75) is 91.5 Å². The molecule has 0 spiro atoms. The summed E-state index contributed by atoms with van der Waals surface area (Å²) in [6.07, 6.45) is 7.65. The van der Waals surface area contributed by atoms with Crippen molar-refractivity contribution in [3.8, 4) is 0 Å². The molecule has 0 N–H and O–H groups in total. The molecule has 0 bridgehead atoms. The van der Waals surface area contributed by atoms with Crippen molar-refractivity contribution in [2.24, 2.45) is 0 Å². The third-order valence-corrected chi connectivity index (χ3v) is 4.99. The maximum absolute atomic E-state index is 13.4. The van der Waals surface area contributed by atoms with Crippen LogP contribution in [0.4, 0.5) is 4.79 Å². The van der Waals surface area contributed by atoms with Crippen LogP contribution in [0.25, 0.3) is 0 Å². The topological polar surface area (TPSA) is 94.6 Å². The van der Waals surface area contributed by atoms with E-state index in [1.807, 2.05) is 27.7 Å². The van der Waals surface area contributed by atoms with Crippen molar-refractivity contribution in [1.82, 2.24) is 9.80 Å². The largest absolute Gasteiger partial charge is 0.464 e. The van der Waals surface area contributed by atoms with Crippen LogP contribution < -0.4 is 0 Å². The number of carbonyl (C=O) groups excluding carboxylic acids is 3. The second-order valence-electron chi connectivity index (χ2n) is 7.95. The van der Waals surface area contributed by atoms with Gasteiger partial charge in [0.05, 0.1) is 13.2 Å². The van der Waals surface area contributed by atoms with E-state index in [4.69, 9.17) is 18.9 Å². The van der Waals surface area contributed by atoms with E-state index >= 15 is 0 Å². The zero-order valence-corrected chi connectivity index (χ0v) is 20.8. The maximum atomic E-state index is 13.4. The van der Waals surface area contributed by atoms with Gasteiger partial charge in [-0.2, -0.15) is 0 Å². The van der Waals surface area contributed by atoms with E-state index in [1.54, 1.807) is 6.08 Å². The van der Waals surface area contributed by atoms with E-state index in [2.05, 4.69) is 0 Å². The van der Waals surface area contributed by atoms with Gasteiger partial charge in [-0.15, -0.1) is 0 Å². The number of carbonyl (C=O) groups is 3. The van der Waals surface area contributed by atoms with Gasteiger partial charge < -0.3 is 18.9 Å². The van der Waals surface area contributed by atoms with Crippen LogP contribution in [-0.4, -0.2) is 73.2 Å². The summed E-state index contributed by atoms with van der Waals surface area (Å²) in [5.41, 5.74) is 0. The number of amides is 2. The first-order valence-corrected chi connectivity index (χ1v) is 12.3. The van der Waals surface area contributed by atoms with Crippen molar-refractivity contribution < 1.29 is 33.3 Å². The minimum absolute atomic E-state index is 0.246. The Bertz CT molecular complexity index is 612. The Hall–Kier alpha value is -2.13. The molecule has 0 fully saturated rings. The highest BCUT2D eigenvalue weighted by Crippen LogP contribution is 2.21. The van der Waals surface area contributed by atoms with Crippen LogP contribution in [0.2, 0.25) is 0 Å². The smallest absolute Gasteiger partial charge is 0.356 e. The lowest BCUT2D eigenvalue weighted by Gasteiger charge is -2.40. The van der Waals surface area contributed by atoms with Gasteiger partial charge in [-0.05, 0) is 31.8 Å². The Morgan fingerprint density at radius 2 is 1.45 bits per heavy atom. The van der Waals surface area contributed by atoms with Crippen molar-refractivity contribution in [3.05, 3.63) is 12.3 Å². The average molecular weight is 471 g/mol. The average Bonchev–Trinajstić information content (AvgIpc) is 2.80. The third-order valence-electron chi connectivity index (χ3n) is 4.99. The highest BCUT2D eigenvalue weighted by molar-refractivity contribution is 5.87. The first-order chi connectivity index (χ1) is 16.0. The molecule has 0 saturated carbocycles. The minimum atomic E-state index is -1.27. The molecule has 1 aliphatic heterocycles. The molecule has 2 unspecified atom stereocenters. The summed E-state index contributed by atoms with van der Waals surface area (Å²) < 4.78 is 22.3. The number of ether oxygens (including phenoxy) is 4. The van der Waals surface area contributed by atoms with Crippen molar-refractivity contribution in [2.75, 3.05) is 33.0 Å². The highest BCUT2D eigenvalue weighted by atomic mass is 16.6. The van der Waals surface area contributed by atoms with Gasteiger partial charge in [0.1, 0.15) is 6.54 Å². The van der Waals surface area contributed by atoms with E-state index in [1.165, 1.54) is 16.0 Å². The van der Waals surface area contributed by atoms with Crippen LogP contribution in [-0.2, 0) is 28.5 Å². The Morgan fingerprint density at radius 3 is 2.09 bits per heavy atom. The van der Waals surface area contributed by atoms with Gasteiger partial charge in [-0.25, -0.2) is 9.59 Å². The molecule has 0 saturated heterocycles. The normalized spacial score (nSPS) is 16.7. The quantitative estimate of drug-likeness (QED) is 0.219. The van der Waals surface area contributed by atoms with Crippen LogP contribution in [0.3, 0.4) is 0 Å². The summed E-state index contributed by atoms with van der Waals surface area (Å²) in [6, 6.07) is -0.569. The monoisotopic (exact) mass is 470 g/mol. The van der Waals surface area contributed by atoms with Crippen molar-refractivity contribution >= 4 is 18.0 Å². The molecule has 0 aliphatic carbocycles. The second kappa shape index (κ2) is 17.4. The fourth-order valence-corrected chi connectivity index (χ4v) is 2.93. The summed E-state index contributed by atoms with van der Waals surface area (Å²) in [6.45, 7) is 9.04. The number of esters is 2. The molecule has 1 heterocycles. The third kappa shape index (κ3) is 10.6. The van der Waals surface area contributed by atoms with E-state index in [0.717, 1.165) is 44.9 Å². The Kier molecular flexibility index (Phi) is 15.2. The zero-order valence-electron chi connectivity index (χ0n) is 20.8. The molecule has 190 valence electrons. The first kappa shape index (κ1) is 28.9. The summed E-state index contributed by atoms with van der Waals surface area (Å²) >= 11 is 0. The van der Waals surface area contributed by atoms with Crippen LogP contribution in [0, 0.1) is 0 Å². The Morgan fingerprint density at radius 1 is 0.879 bits per heavy atom. The predicted molar refractivity (Wildman–Crippen MR) is 124 cm³/mol. The molecule has 9 nitrogen and oxygen atoms in total. The Balaban J connectivity index is 3.05. The van der Waals surface area contributed by atoms with E-state index in [-0.39, 0.29) is 19.8 Å². The molecule has 0 radical (unpaired) electrons. The van der Waals surface area contributed by atoms with Crippen LogP contribution in [0.1, 0.15) is 79.1 Å². The van der Waals surface area contributed by atoms with Crippen LogP contribution in [0.5, 0.6) is 0 Å². The number of rotatable bonds is 18. The molecule has 2 amide bonds. The zero-order chi connectivity index (χ0) is 24.5. The number of hydrogen-bond donors (Lipinski definition) is 0. The van der Waals surface area contributed by atoms with Gasteiger partial charge in [0.2, 0.25) is 6.23 Å². The lowest BCUT2D eigenvalue weighted by Crippen LogP contribution is -2.59. The molecular formula is C24H42N2O7. The Labute approximate surface area is 198 Å². The highest BCUT2D eigenvalue weighted by Gasteiger charge is 2.41. The molecule has 0 aromatic carbocycles. The number of unbranched alkanes of at least 4 members (excludes halogenated alkanes) is 4. The van der Waals surface area contributed by atoms with Gasteiger partial charge in [0.15, 0.2) is 6.23 Å². The standard InChI is InChI=1S/C24H42N2O7/c1-5-9-15-30-20-13-14-25(19-21(27)31-16-10-6-2)24(29)26(20)22(32-17-11-7-3)23(28)33-18-12-8-4/h13-14,20,22H,5-12,15-19H2,1-4H3. The molecule has 9 heteroatoms. The fourth-order valence-electron chi connectivity index (χ4n) is 2.93. The molecule has 1 rings (SSSR count). The van der Waals surface area contributed by atoms with E-state index in [0.29, 0.717) is 19.6 Å². The predicted octanol–water partition coefficient (Wildman–Crippen LogP) is 4.21. The number of hydrogen-bond acceptors (Lipinski definition) is 7. The summed E-state index contributed by atoms with van der Waals surface area (Å²) in [4.78, 5) is 40.9. The summed E-state index contributed by atoms with van der Waals surface area (Å²) in [7, 11) is 0. The summed E-state index contributed by atoms with van der Waals surface area (Å²) in [5.74, 6) is -1.15. The van der Waals surface area contributed by atoms with Gasteiger partial charge >= 0.3 is 18.0 Å². The number of urea groups is 1. The molecule has 0 aromatic rings. The van der Waals surface area contributed by atoms with Crippen molar-refractivity contribution in [1.29, 1.82) is 0 Å². The van der Waals surface area contributed by atoms with Crippen LogP contribution >= 0.6 is 0 Å². The number of nitrogens with zero attached hydrogens (tertiary/aromatic N) is 2. The van der Waals surface area contributed by atoms with E-state index in [9.17, 15) is 14.4 Å². The molecule has 33 heavy (non-hydrogen) atoms. The maximum Gasteiger partial charge on any atom is 0.356 e. The lowest BCUT2D eigenvalue weighted by molar-refractivity contribution is -0.180. The van der Waals surface area contributed by atoms with Gasteiger partial charge in [-0.1, -0.05) is 53.4 Å². The molecule has 0 aromatic heterocycles. The first-order valence-electron chi connectivity index (χ1n) is 12.3. The van der Waals surface area contributed by atoms with Crippen molar-refractivity contribution in [3.63, 3.8) is 0 Å². The lowest BCUT2D eigenvalue weighted by atomic mass is 10.3. The fraction of sp³-hybridized carbons (Fsp3) is 0.792. The van der Waals surface area contributed by atoms with E-state index < -0.39 is 30.4 Å². The van der Waals surface area contributed by atoms with Gasteiger partial charge in [-0.3, -0.25) is 14.6 Å². The molecular weight excluding hydrogens is 428 g/mol. The van der Waals surface area contributed by atoms with Gasteiger partial charge in [0, 0.05) is 19.4 Å². The van der Waals surface area contributed by atoms with Gasteiger partial charge in [0.25, 0.3) is 0 Å². The second-order valence-corrected chi connectivity index (χ2v) is 7.95. The summed E-state index contributed by atoms with van der Waals surface area (Å²) in [5, 5.41) is 0.